The minimum atomic E-state index is -0.939. The fourth-order valence-electron chi connectivity index (χ4n) is 1.04. The summed E-state index contributed by atoms with van der Waals surface area (Å²) in [5.41, 5.74) is 0. The lowest BCUT2D eigenvalue weighted by Gasteiger charge is -2.17. The highest BCUT2D eigenvalue weighted by atomic mass is 16.6. The topological polar surface area (TPSA) is 89.7 Å². The average Bonchev–Trinajstić information content (AvgIpc) is 2.10. The number of aliphatic hydroxyl groups excluding tert-OH is 1. The third-order valence-corrected chi connectivity index (χ3v) is 1.83. The van der Waals surface area contributed by atoms with Crippen LogP contribution in [0.1, 0.15) is 26.7 Å². The van der Waals surface area contributed by atoms with Gasteiger partial charge in [0.15, 0.2) is 6.10 Å². The Hall–Kier alpha value is -1.17. The molecule has 0 bridgehead atoms. The number of hydrogen-bond donors (Lipinski definition) is 1. The number of esters is 1. The minimum absolute atomic E-state index is 0.0673. The average molecular weight is 205 g/mol. The molecule has 0 aromatic rings. The van der Waals surface area contributed by atoms with Crippen LogP contribution in [0.3, 0.4) is 0 Å². The molecule has 2 atom stereocenters. The molecule has 0 aromatic carbocycles. The van der Waals surface area contributed by atoms with Gasteiger partial charge in [0.2, 0.25) is 6.04 Å². The highest BCUT2D eigenvalue weighted by molar-refractivity contribution is 5.66. The van der Waals surface area contributed by atoms with Crippen molar-refractivity contribution < 1.29 is 19.6 Å². The van der Waals surface area contributed by atoms with Gasteiger partial charge in [-0.05, 0) is 12.8 Å². The van der Waals surface area contributed by atoms with Crippen LogP contribution < -0.4 is 0 Å². The van der Waals surface area contributed by atoms with Crippen LogP contribution in [0.15, 0.2) is 0 Å². The molecule has 0 rings (SSSR count). The van der Waals surface area contributed by atoms with Crippen LogP contribution in [0, 0.1) is 10.1 Å². The molecule has 6 nitrogen and oxygen atoms in total. The molecule has 0 saturated heterocycles. The van der Waals surface area contributed by atoms with E-state index < -0.39 is 23.0 Å². The molecule has 0 amide bonds. The van der Waals surface area contributed by atoms with E-state index in [0.29, 0.717) is 12.8 Å². The minimum Gasteiger partial charge on any atom is -0.455 e. The van der Waals surface area contributed by atoms with E-state index in [-0.39, 0.29) is 6.61 Å². The van der Waals surface area contributed by atoms with Gasteiger partial charge in [0.25, 0.3) is 0 Å². The van der Waals surface area contributed by atoms with Crippen molar-refractivity contribution in [1.82, 2.24) is 0 Å². The zero-order valence-corrected chi connectivity index (χ0v) is 8.30. The van der Waals surface area contributed by atoms with Crippen LogP contribution in [-0.4, -0.2) is 34.8 Å². The van der Waals surface area contributed by atoms with Gasteiger partial charge in [0.1, 0.15) is 0 Å². The van der Waals surface area contributed by atoms with Gasteiger partial charge in [-0.1, -0.05) is 0 Å². The Balaban J connectivity index is 4.22. The summed E-state index contributed by atoms with van der Waals surface area (Å²) in [6, 6.07) is -0.939. The Kier molecular flexibility index (Phi) is 5.78. The first-order valence-electron chi connectivity index (χ1n) is 4.40. The van der Waals surface area contributed by atoms with Gasteiger partial charge in [-0.15, -0.1) is 0 Å². The van der Waals surface area contributed by atoms with Crippen molar-refractivity contribution in [3.8, 4) is 0 Å². The quantitative estimate of drug-likeness (QED) is 0.384. The van der Waals surface area contributed by atoms with Crippen LogP contribution >= 0.6 is 0 Å². The van der Waals surface area contributed by atoms with Crippen LogP contribution in [0.25, 0.3) is 0 Å². The molecule has 82 valence electrons. The van der Waals surface area contributed by atoms with E-state index in [1.807, 2.05) is 0 Å². The predicted molar refractivity (Wildman–Crippen MR) is 48.3 cm³/mol. The zero-order chi connectivity index (χ0) is 11.1. The summed E-state index contributed by atoms with van der Waals surface area (Å²) < 4.78 is 4.78. The molecule has 0 aliphatic carbocycles. The number of nitrogens with zero attached hydrogens (tertiary/aromatic N) is 1. The van der Waals surface area contributed by atoms with E-state index >= 15 is 0 Å². The van der Waals surface area contributed by atoms with Crippen LogP contribution in [0.2, 0.25) is 0 Å². The predicted octanol–water partition coefficient (Wildman–Crippen LogP) is 0.356. The normalized spacial score (nSPS) is 14.5. The number of ether oxygens (including phenoxy) is 1. The molecule has 0 radical (unpaired) electrons. The summed E-state index contributed by atoms with van der Waals surface area (Å²) in [5.74, 6) is -0.540. The second-order valence-corrected chi connectivity index (χ2v) is 3.04. The van der Waals surface area contributed by atoms with Gasteiger partial charge in [-0.3, -0.25) is 14.9 Å². The van der Waals surface area contributed by atoms with Gasteiger partial charge < -0.3 is 9.84 Å². The standard InChI is InChI=1S/C8H15NO5/c1-6(9(12)13)8(4-3-5-10)14-7(2)11/h6,8,10H,3-5H2,1-2H3. The maximum Gasteiger partial charge on any atom is 0.303 e. The zero-order valence-electron chi connectivity index (χ0n) is 8.30. The summed E-state index contributed by atoms with van der Waals surface area (Å²) in [5, 5.41) is 19.0. The molecule has 0 fully saturated rings. The maximum absolute atomic E-state index is 10.6. The Morgan fingerprint density at radius 3 is 2.57 bits per heavy atom. The molecule has 6 heteroatoms. The molecule has 0 saturated carbocycles. The van der Waals surface area contributed by atoms with E-state index in [1.165, 1.54) is 13.8 Å². The third kappa shape index (κ3) is 4.76. The lowest BCUT2D eigenvalue weighted by Crippen LogP contribution is -2.34. The molecule has 0 spiro atoms. The first kappa shape index (κ1) is 12.8. The van der Waals surface area contributed by atoms with Crippen molar-refractivity contribution in [2.75, 3.05) is 6.61 Å². The monoisotopic (exact) mass is 205 g/mol. The third-order valence-electron chi connectivity index (χ3n) is 1.83. The highest BCUT2D eigenvalue weighted by Crippen LogP contribution is 2.10. The molecule has 0 heterocycles. The summed E-state index contributed by atoms with van der Waals surface area (Å²) in [7, 11) is 0. The van der Waals surface area contributed by atoms with E-state index in [2.05, 4.69) is 0 Å². The number of rotatable bonds is 6. The van der Waals surface area contributed by atoms with Crippen LogP contribution in [-0.2, 0) is 9.53 Å². The number of aliphatic hydroxyl groups is 1. The Bertz CT molecular complexity index is 206. The molecule has 14 heavy (non-hydrogen) atoms. The summed E-state index contributed by atoms with van der Waals surface area (Å²) >= 11 is 0. The van der Waals surface area contributed by atoms with Gasteiger partial charge >= 0.3 is 5.97 Å². The van der Waals surface area contributed by atoms with Crippen molar-refractivity contribution in [1.29, 1.82) is 0 Å². The lowest BCUT2D eigenvalue weighted by atomic mass is 10.1. The second-order valence-electron chi connectivity index (χ2n) is 3.04. The van der Waals surface area contributed by atoms with Gasteiger partial charge in [0, 0.05) is 25.4 Å². The molecular weight excluding hydrogens is 190 g/mol. The molecule has 0 aromatic heterocycles. The van der Waals surface area contributed by atoms with E-state index in [0.717, 1.165) is 0 Å². The first-order chi connectivity index (χ1) is 6.49. The van der Waals surface area contributed by atoms with Gasteiger partial charge in [0.05, 0.1) is 0 Å². The number of nitro groups is 1. The van der Waals surface area contributed by atoms with Crippen molar-refractivity contribution in [3.05, 3.63) is 10.1 Å². The molecule has 0 aliphatic heterocycles. The van der Waals surface area contributed by atoms with Crippen LogP contribution in [0.4, 0.5) is 0 Å². The molecule has 0 aliphatic rings. The second kappa shape index (κ2) is 6.31. The van der Waals surface area contributed by atoms with Gasteiger partial charge in [-0.2, -0.15) is 0 Å². The summed E-state index contributed by atoms with van der Waals surface area (Å²) in [4.78, 5) is 20.6. The van der Waals surface area contributed by atoms with Crippen molar-refractivity contribution in [3.63, 3.8) is 0 Å². The summed E-state index contributed by atoms with van der Waals surface area (Å²) in [6.07, 6.45) is -0.0661. The lowest BCUT2D eigenvalue weighted by molar-refractivity contribution is -0.529. The Morgan fingerprint density at radius 2 is 2.21 bits per heavy atom. The SMILES string of the molecule is CC(=O)OC(CCCO)C(C)[N+](=O)[O-]. The first-order valence-corrected chi connectivity index (χ1v) is 4.40. The maximum atomic E-state index is 10.6. The van der Waals surface area contributed by atoms with E-state index in [9.17, 15) is 14.9 Å². The highest BCUT2D eigenvalue weighted by Gasteiger charge is 2.28. The van der Waals surface area contributed by atoms with Crippen LogP contribution in [0.5, 0.6) is 0 Å². The van der Waals surface area contributed by atoms with Crippen molar-refractivity contribution in [2.24, 2.45) is 0 Å². The van der Waals surface area contributed by atoms with Crippen molar-refractivity contribution in [2.45, 2.75) is 38.8 Å². The Morgan fingerprint density at radius 1 is 1.64 bits per heavy atom. The number of hydrogen-bond acceptors (Lipinski definition) is 5. The van der Waals surface area contributed by atoms with E-state index in [4.69, 9.17) is 9.84 Å². The number of carbonyl (C=O) groups excluding carboxylic acids is 1. The fraction of sp³-hybridized carbons (Fsp3) is 0.875. The fourth-order valence-corrected chi connectivity index (χ4v) is 1.04. The van der Waals surface area contributed by atoms with Gasteiger partial charge in [-0.25, -0.2) is 0 Å². The molecular formula is C8H15NO5. The molecule has 2 unspecified atom stereocenters. The Labute approximate surface area is 82.0 Å². The molecule has 1 N–H and O–H groups in total. The van der Waals surface area contributed by atoms with Crippen molar-refractivity contribution >= 4 is 5.97 Å². The largest absolute Gasteiger partial charge is 0.455 e. The number of carbonyl (C=O) groups is 1. The van der Waals surface area contributed by atoms with E-state index in [1.54, 1.807) is 0 Å². The smallest absolute Gasteiger partial charge is 0.303 e. The summed E-state index contributed by atoms with van der Waals surface area (Å²) in [6.45, 7) is 2.52.